The number of carboxylic acids is 1. The minimum Gasteiger partial charge on any atom is -0.491 e. The molecule has 2 fully saturated rings. The summed E-state index contributed by atoms with van der Waals surface area (Å²) in [7, 11) is 0. The summed E-state index contributed by atoms with van der Waals surface area (Å²) in [6.45, 7) is 4.84. The number of piperidine rings is 1. The zero-order valence-corrected chi connectivity index (χ0v) is 19.2. The highest BCUT2D eigenvalue weighted by molar-refractivity contribution is 5.95. The Morgan fingerprint density at radius 1 is 1.26 bits per heavy atom. The van der Waals surface area contributed by atoms with Gasteiger partial charge in [-0.05, 0) is 44.0 Å². The Morgan fingerprint density at radius 3 is 2.50 bits per heavy atom. The number of benzene rings is 1. The molecule has 2 aliphatic heterocycles. The van der Waals surface area contributed by atoms with Crippen molar-refractivity contribution < 1.29 is 33.4 Å². The Balaban J connectivity index is 0.000000751. The molecule has 0 saturated carbocycles. The number of hydrogen-bond donors (Lipinski definition) is 2. The van der Waals surface area contributed by atoms with E-state index in [0.29, 0.717) is 30.9 Å². The molecule has 0 spiro atoms. The van der Waals surface area contributed by atoms with E-state index in [1.165, 1.54) is 12.1 Å². The van der Waals surface area contributed by atoms with Crippen molar-refractivity contribution in [3.05, 3.63) is 47.5 Å². The van der Waals surface area contributed by atoms with Gasteiger partial charge in [-0.1, -0.05) is 0 Å². The molecular formula is C23H29FN4O6. The highest BCUT2D eigenvalue weighted by Crippen LogP contribution is 2.22. The van der Waals surface area contributed by atoms with Crippen molar-refractivity contribution in [2.45, 2.75) is 38.8 Å². The van der Waals surface area contributed by atoms with Crippen LogP contribution in [0.15, 0.2) is 30.5 Å². The third-order valence-electron chi connectivity index (χ3n) is 5.67. The SMILES string of the molecule is CC(=O)O.Cc1[nH]ncc1C(=O)N1CCC(N2CC(COc3ccc(F)cc3)OCC2=O)CC1. The van der Waals surface area contributed by atoms with Gasteiger partial charge < -0.3 is 24.4 Å². The highest BCUT2D eigenvalue weighted by atomic mass is 19.1. The topological polar surface area (TPSA) is 125 Å². The van der Waals surface area contributed by atoms with Gasteiger partial charge in [0.1, 0.15) is 30.9 Å². The van der Waals surface area contributed by atoms with Crippen molar-refractivity contribution in [2.75, 3.05) is 32.8 Å². The molecule has 1 atom stereocenters. The summed E-state index contributed by atoms with van der Waals surface area (Å²) >= 11 is 0. The van der Waals surface area contributed by atoms with E-state index in [1.54, 1.807) is 18.3 Å². The molecule has 1 unspecified atom stereocenters. The fraction of sp³-hybridized carbons (Fsp3) is 0.478. The lowest BCUT2D eigenvalue weighted by atomic mass is 10.0. The molecule has 1 aromatic heterocycles. The number of rotatable bonds is 5. The van der Waals surface area contributed by atoms with E-state index in [9.17, 15) is 14.0 Å². The molecule has 0 bridgehead atoms. The maximum Gasteiger partial charge on any atom is 0.300 e. The smallest absolute Gasteiger partial charge is 0.300 e. The molecular weight excluding hydrogens is 447 g/mol. The summed E-state index contributed by atoms with van der Waals surface area (Å²) in [4.78, 5) is 37.7. The van der Waals surface area contributed by atoms with Crippen LogP contribution in [0.5, 0.6) is 5.75 Å². The number of ether oxygens (including phenoxy) is 2. The second kappa shape index (κ2) is 11.6. The number of morpholine rings is 1. The van der Waals surface area contributed by atoms with Crippen LogP contribution >= 0.6 is 0 Å². The van der Waals surface area contributed by atoms with Crippen LogP contribution in [0.3, 0.4) is 0 Å². The second-order valence-electron chi connectivity index (χ2n) is 8.20. The lowest BCUT2D eigenvalue weighted by Crippen LogP contribution is -2.55. The molecule has 0 radical (unpaired) electrons. The predicted molar refractivity (Wildman–Crippen MR) is 119 cm³/mol. The van der Waals surface area contributed by atoms with Gasteiger partial charge in [-0.3, -0.25) is 19.5 Å². The first-order valence-electron chi connectivity index (χ1n) is 11.0. The van der Waals surface area contributed by atoms with E-state index in [1.807, 2.05) is 16.7 Å². The number of likely N-dealkylation sites (tertiary alicyclic amines) is 1. The zero-order valence-electron chi connectivity index (χ0n) is 19.2. The van der Waals surface area contributed by atoms with E-state index < -0.39 is 5.97 Å². The number of nitrogens with one attached hydrogen (secondary N) is 1. The fourth-order valence-corrected chi connectivity index (χ4v) is 3.94. The Morgan fingerprint density at radius 2 is 1.91 bits per heavy atom. The van der Waals surface area contributed by atoms with Gasteiger partial charge >= 0.3 is 0 Å². The molecule has 10 nitrogen and oxygen atoms in total. The van der Waals surface area contributed by atoms with E-state index >= 15 is 0 Å². The second-order valence-corrected chi connectivity index (χ2v) is 8.20. The maximum atomic E-state index is 13.0. The summed E-state index contributed by atoms with van der Waals surface area (Å²) in [6.07, 6.45) is 2.75. The van der Waals surface area contributed by atoms with Gasteiger partial charge in [0.25, 0.3) is 11.9 Å². The average molecular weight is 477 g/mol. The number of amides is 2. The molecule has 4 rings (SSSR count). The van der Waals surface area contributed by atoms with Crippen LogP contribution in [-0.4, -0.2) is 87.9 Å². The lowest BCUT2D eigenvalue weighted by molar-refractivity contribution is -0.155. The first-order valence-corrected chi connectivity index (χ1v) is 11.0. The van der Waals surface area contributed by atoms with Crippen LogP contribution in [0.1, 0.15) is 35.8 Å². The number of aliphatic carboxylic acids is 1. The maximum absolute atomic E-state index is 13.0. The van der Waals surface area contributed by atoms with Gasteiger partial charge in [-0.2, -0.15) is 5.10 Å². The largest absolute Gasteiger partial charge is 0.491 e. The van der Waals surface area contributed by atoms with Crippen molar-refractivity contribution in [1.29, 1.82) is 0 Å². The standard InChI is InChI=1S/C21H25FN4O4.C2H4O2/c1-14-19(10-23-24-14)21(28)25-8-6-16(7-9-25)26-11-18(30-13-20(26)27)12-29-17-4-2-15(22)3-5-17;1-2(3)4/h2-5,10,16,18H,6-9,11-13H2,1H3,(H,23,24);1H3,(H,3,4). The molecule has 2 N–H and O–H groups in total. The van der Waals surface area contributed by atoms with Gasteiger partial charge in [-0.25, -0.2) is 4.39 Å². The Bertz CT molecular complexity index is 984. The van der Waals surface area contributed by atoms with Crippen molar-refractivity contribution >= 4 is 17.8 Å². The van der Waals surface area contributed by atoms with Crippen LogP contribution in [-0.2, 0) is 14.3 Å². The van der Waals surface area contributed by atoms with E-state index in [4.69, 9.17) is 19.4 Å². The number of H-pyrrole nitrogens is 1. The Labute approximate surface area is 196 Å². The summed E-state index contributed by atoms with van der Waals surface area (Å²) in [5.74, 6) is -0.660. The summed E-state index contributed by atoms with van der Waals surface area (Å²) < 4.78 is 24.3. The molecule has 11 heteroatoms. The molecule has 34 heavy (non-hydrogen) atoms. The summed E-state index contributed by atoms with van der Waals surface area (Å²) in [5, 5.41) is 14.1. The van der Waals surface area contributed by atoms with Crippen LogP contribution in [0, 0.1) is 12.7 Å². The number of aromatic amines is 1. The number of hydrogen-bond acceptors (Lipinski definition) is 6. The number of carboxylic acid groups (broad SMARTS) is 1. The van der Waals surface area contributed by atoms with Crippen molar-refractivity contribution in [3.8, 4) is 5.75 Å². The quantitative estimate of drug-likeness (QED) is 0.675. The van der Waals surface area contributed by atoms with Crippen molar-refractivity contribution in [2.24, 2.45) is 0 Å². The summed E-state index contributed by atoms with van der Waals surface area (Å²) in [5.41, 5.74) is 1.35. The van der Waals surface area contributed by atoms with E-state index in [-0.39, 0.29) is 43.0 Å². The molecule has 2 amide bonds. The number of halogens is 1. The molecule has 2 aromatic rings. The average Bonchev–Trinajstić information content (AvgIpc) is 3.24. The number of aryl methyl sites for hydroxylation is 1. The Hall–Kier alpha value is -3.47. The third kappa shape index (κ3) is 6.77. The molecule has 184 valence electrons. The molecule has 0 aliphatic carbocycles. The fourth-order valence-electron chi connectivity index (χ4n) is 3.94. The van der Waals surface area contributed by atoms with Crippen LogP contribution < -0.4 is 4.74 Å². The van der Waals surface area contributed by atoms with Crippen LogP contribution in [0.25, 0.3) is 0 Å². The van der Waals surface area contributed by atoms with Gasteiger partial charge in [0.15, 0.2) is 0 Å². The van der Waals surface area contributed by atoms with Crippen molar-refractivity contribution in [1.82, 2.24) is 20.0 Å². The lowest BCUT2D eigenvalue weighted by Gasteiger charge is -2.42. The summed E-state index contributed by atoms with van der Waals surface area (Å²) in [6, 6.07) is 5.88. The first-order chi connectivity index (χ1) is 16.2. The zero-order chi connectivity index (χ0) is 24.7. The van der Waals surface area contributed by atoms with Crippen LogP contribution in [0.2, 0.25) is 0 Å². The minimum atomic E-state index is -0.833. The molecule has 2 aliphatic rings. The van der Waals surface area contributed by atoms with Gasteiger partial charge in [0.05, 0.1) is 18.3 Å². The van der Waals surface area contributed by atoms with Gasteiger partial charge in [0.2, 0.25) is 5.91 Å². The number of carbonyl (C=O) groups is 3. The number of carbonyl (C=O) groups excluding carboxylic acids is 2. The van der Waals surface area contributed by atoms with Crippen molar-refractivity contribution in [3.63, 3.8) is 0 Å². The molecule has 3 heterocycles. The molecule has 2 saturated heterocycles. The minimum absolute atomic E-state index is 0.0187. The number of nitrogens with zero attached hydrogens (tertiary/aromatic N) is 3. The van der Waals surface area contributed by atoms with Crippen LogP contribution in [0.4, 0.5) is 4.39 Å². The number of aromatic nitrogens is 2. The monoisotopic (exact) mass is 476 g/mol. The molecule has 1 aromatic carbocycles. The van der Waals surface area contributed by atoms with E-state index in [2.05, 4.69) is 10.2 Å². The van der Waals surface area contributed by atoms with Gasteiger partial charge in [0, 0.05) is 31.7 Å². The Kier molecular flexibility index (Phi) is 8.58. The van der Waals surface area contributed by atoms with E-state index in [0.717, 1.165) is 25.5 Å². The first kappa shape index (κ1) is 25.2. The normalized spacial score (nSPS) is 18.8. The third-order valence-corrected chi connectivity index (χ3v) is 5.67. The predicted octanol–water partition coefficient (Wildman–Crippen LogP) is 1.86. The van der Waals surface area contributed by atoms with Gasteiger partial charge in [-0.15, -0.1) is 0 Å². The highest BCUT2D eigenvalue weighted by Gasteiger charge is 2.35.